The van der Waals surface area contributed by atoms with Crippen LogP contribution in [0.3, 0.4) is 0 Å². The molecule has 0 saturated carbocycles. The van der Waals surface area contributed by atoms with Crippen molar-refractivity contribution in [3.05, 3.63) is 58.8 Å². The van der Waals surface area contributed by atoms with Crippen molar-refractivity contribution < 1.29 is 14.6 Å². The molecule has 0 bridgehead atoms. The van der Waals surface area contributed by atoms with Gasteiger partial charge in [0.2, 0.25) is 0 Å². The van der Waals surface area contributed by atoms with Gasteiger partial charge in [-0.1, -0.05) is 6.07 Å². The molecule has 6 nitrogen and oxygen atoms in total. The highest BCUT2D eigenvalue weighted by Crippen LogP contribution is 2.13. The predicted octanol–water partition coefficient (Wildman–Crippen LogP) is 1.02. The zero-order valence-corrected chi connectivity index (χ0v) is 10.0. The average Bonchev–Trinajstić information content (AvgIpc) is 2.41. The first kappa shape index (κ1) is 12.8. The summed E-state index contributed by atoms with van der Waals surface area (Å²) in [5.74, 6) is -0.550. The molecule has 0 saturated heterocycles. The highest BCUT2D eigenvalue weighted by Gasteiger charge is 2.03. The second-order valence-electron chi connectivity index (χ2n) is 3.78. The molecule has 2 rings (SSSR count). The Balaban J connectivity index is 1.96. The molecule has 0 radical (unpaired) electrons. The monoisotopic (exact) mass is 260 g/mol. The van der Waals surface area contributed by atoms with Crippen LogP contribution in [-0.4, -0.2) is 27.2 Å². The Hall–Kier alpha value is -2.63. The van der Waals surface area contributed by atoms with E-state index < -0.39 is 5.97 Å². The lowest BCUT2D eigenvalue weighted by Crippen LogP contribution is -2.24. The Labute approximate surface area is 108 Å². The van der Waals surface area contributed by atoms with Gasteiger partial charge < -0.3 is 9.84 Å². The van der Waals surface area contributed by atoms with Gasteiger partial charge in [-0.3, -0.25) is 4.57 Å². The molecule has 0 aliphatic rings. The first-order valence-electron chi connectivity index (χ1n) is 5.64. The minimum Gasteiger partial charge on any atom is -0.492 e. The van der Waals surface area contributed by atoms with E-state index in [9.17, 15) is 9.59 Å². The van der Waals surface area contributed by atoms with E-state index in [1.54, 1.807) is 24.4 Å². The smallest absolute Gasteiger partial charge is 0.347 e. The van der Waals surface area contributed by atoms with E-state index in [-0.39, 0.29) is 17.9 Å². The standard InChI is InChI=1S/C13H12N2O4/c16-12(17)10-3-1-4-11(9-10)19-8-7-15-6-2-5-14-13(15)18/h1-6,9H,7-8H2,(H,16,17). The number of hydrogen-bond donors (Lipinski definition) is 1. The quantitative estimate of drug-likeness (QED) is 0.868. The van der Waals surface area contributed by atoms with Gasteiger partial charge in [0.25, 0.3) is 0 Å². The predicted molar refractivity (Wildman–Crippen MR) is 67.4 cm³/mol. The molecule has 2 aromatic rings. The van der Waals surface area contributed by atoms with Crippen LogP contribution in [0.5, 0.6) is 5.75 Å². The van der Waals surface area contributed by atoms with E-state index in [2.05, 4.69) is 4.98 Å². The lowest BCUT2D eigenvalue weighted by Gasteiger charge is -2.08. The Morgan fingerprint density at radius 1 is 1.37 bits per heavy atom. The summed E-state index contributed by atoms with van der Waals surface area (Å²) in [5, 5.41) is 8.84. The molecule has 0 spiro atoms. The van der Waals surface area contributed by atoms with Crippen molar-refractivity contribution in [2.24, 2.45) is 0 Å². The van der Waals surface area contributed by atoms with Gasteiger partial charge in [0.15, 0.2) is 0 Å². The van der Waals surface area contributed by atoms with Gasteiger partial charge in [0.05, 0.1) is 12.1 Å². The van der Waals surface area contributed by atoms with Gasteiger partial charge >= 0.3 is 11.7 Å². The van der Waals surface area contributed by atoms with Gasteiger partial charge in [-0.2, -0.15) is 0 Å². The van der Waals surface area contributed by atoms with Crippen molar-refractivity contribution in [1.29, 1.82) is 0 Å². The number of nitrogens with zero attached hydrogens (tertiary/aromatic N) is 2. The van der Waals surface area contributed by atoms with Crippen LogP contribution in [-0.2, 0) is 6.54 Å². The number of carboxylic acid groups (broad SMARTS) is 1. The van der Waals surface area contributed by atoms with Crippen molar-refractivity contribution in [2.75, 3.05) is 6.61 Å². The van der Waals surface area contributed by atoms with Crippen LogP contribution >= 0.6 is 0 Å². The summed E-state index contributed by atoms with van der Waals surface area (Å²) in [6.07, 6.45) is 3.04. The molecule has 0 atom stereocenters. The zero-order chi connectivity index (χ0) is 13.7. The zero-order valence-electron chi connectivity index (χ0n) is 10.0. The topological polar surface area (TPSA) is 81.4 Å². The Bertz CT molecular complexity index is 636. The SMILES string of the molecule is O=C(O)c1cccc(OCCn2cccnc2=O)c1. The molecule has 1 N–H and O–H groups in total. The Morgan fingerprint density at radius 2 is 2.21 bits per heavy atom. The number of hydrogen-bond acceptors (Lipinski definition) is 4. The summed E-state index contributed by atoms with van der Waals surface area (Å²) in [7, 11) is 0. The summed E-state index contributed by atoms with van der Waals surface area (Å²) < 4.78 is 6.82. The molecular weight excluding hydrogens is 248 g/mol. The van der Waals surface area contributed by atoms with E-state index in [0.717, 1.165) is 0 Å². The van der Waals surface area contributed by atoms with Crippen LogP contribution in [0.15, 0.2) is 47.5 Å². The fourth-order valence-corrected chi connectivity index (χ4v) is 1.54. The number of ether oxygens (including phenoxy) is 1. The van der Waals surface area contributed by atoms with Crippen molar-refractivity contribution >= 4 is 5.97 Å². The molecule has 0 aliphatic heterocycles. The van der Waals surface area contributed by atoms with Crippen LogP contribution in [0.2, 0.25) is 0 Å². The van der Waals surface area contributed by atoms with Crippen LogP contribution in [0.25, 0.3) is 0 Å². The third-order valence-corrected chi connectivity index (χ3v) is 2.46. The molecule has 6 heteroatoms. The normalized spacial score (nSPS) is 10.1. The van der Waals surface area contributed by atoms with Gasteiger partial charge in [-0.05, 0) is 24.3 Å². The van der Waals surface area contributed by atoms with Crippen LogP contribution in [0.4, 0.5) is 0 Å². The summed E-state index contributed by atoms with van der Waals surface area (Å²) >= 11 is 0. The maximum Gasteiger partial charge on any atom is 0.347 e. The largest absolute Gasteiger partial charge is 0.492 e. The first-order valence-corrected chi connectivity index (χ1v) is 5.64. The number of aromatic carboxylic acids is 1. The molecule has 0 fully saturated rings. The lowest BCUT2D eigenvalue weighted by atomic mass is 10.2. The molecule has 19 heavy (non-hydrogen) atoms. The van der Waals surface area contributed by atoms with E-state index in [1.807, 2.05) is 0 Å². The molecule has 0 amide bonds. The maximum absolute atomic E-state index is 11.3. The fraction of sp³-hybridized carbons (Fsp3) is 0.154. The molecule has 0 unspecified atom stereocenters. The summed E-state index contributed by atoms with van der Waals surface area (Å²) in [5.41, 5.74) is -0.179. The first-order chi connectivity index (χ1) is 9.16. The van der Waals surface area contributed by atoms with Crippen molar-refractivity contribution in [3.63, 3.8) is 0 Å². The minimum atomic E-state index is -1.01. The fourth-order valence-electron chi connectivity index (χ4n) is 1.54. The third kappa shape index (κ3) is 3.41. The Morgan fingerprint density at radius 3 is 2.95 bits per heavy atom. The van der Waals surface area contributed by atoms with Crippen molar-refractivity contribution in [2.45, 2.75) is 6.54 Å². The molecule has 0 aliphatic carbocycles. The van der Waals surface area contributed by atoms with E-state index >= 15 is 0 Å². The maximum atomic E-state index is 11.3. The second kappa shape index (κ2) is 5.81. The highest BCUT2D eigenvalue weighted by molar-refractivity contribution is 5.87. The Kier molecular flexibility index (Phi) is 3.92. The van der Waals surface area contributed by atoms with Crippen LogP contribution < -0.4 is 10.4 Å². The average molecular weight is 260 g/mol. The number of aromatic nitrogens is 2. The van der Waals surface area contributed by atoms with Gasteiger partial charge in [0, 0.05) is 12.4 Å². The van der Waals surface area contributed by atoms with Crippen LogP contribution in [0.1, 0.15) is 10.4 Å². The lowest BCUT2D eigenvalue weighted by molar-refractivity contribution is 0.0696. The van der Waals surface area contributed by atoms with E-state index in [1.165, 1.54) is 22.9 Å². The third-order valence-electron chi connectivity index (χ3n) is 2.46. The van der Waals surface area contributed by atoms with Crippen LogP contribution in [0, 0.1) is 0 Å². The summed E-state index contributed by atoms with van der Waals surface area (Å²) in [6.45, 7) is 0.610. The van der Waals surface area contributed by atoms with Gasteiger partial charge in [-0.15, -0.1) is 0 Å². The number of benzene rings is 1. The van der Waals surface area contributed by atoms with Crippen molar-refractivity contribution in [1.82, 2.24) is 9.55 Å². The minimum absolute atomic E-state index is 0.163. The number of carboxylic acids is 1. The molecule has 1 aromatic carbocycles. The van der Waals surface area contributed by atoms with E-state index in [0.29, 0.717) is 12.3 Å². The van der Waals surface area contributed by atoms with Crippen molar-refractivity contribution in [3.8, 4) is 5.75 Å². The number of carbonyl (C=O) groups is 1. The molecular formula is C13H12N2O4. The van der Waals surface area contributed by atoms with Gasteiger partial charge in [-0.25, -0.2) is 14.6 Å². The number of rotatable bonds is 5. The van der Waals surface area contributed by atoms with Gasteiger partial charge in [0.1, 0.15) is 12.4 Å². The summed E-state index contributed by atoms with van der Waals surface area (Å²) in [4.78, 5) is 25.7. The highest BCUT2D eigenvalue weighted by atomic mass is 16.5. The summed E-state index contributed by atoms with van der Waals surface area (Å²) in [6, 6.07) is 7.86. The molecule has 98 valence electrons. The second-order valence-corrected chi connectivity index (χ2v) is 3.78. The molecule has 1 aromatic heterocycles. The molecule has 1 heterocycles. The van der Waals surface area contributed by atoms with E-state index in [4.69, 9.17) is 9.84 Å².